The zero-order valence-electron chi connectivity index (χ0n) is 18.7. The van der Waals surface area contributed by atoms with Crippen molar-refractivity contribution in [2.24, 2.45) is 0 Å². The molecule has 226 valence electrons. The third kappa shape index (κ3) is 5.44. The van der Waals surface area contributed by atoms with Crippen molar-refractivity contribution in [1.82, 2.24) is 0 Å². The Bertz CT molecular complexity index is 1030. The molecule has 0 radical (unpaired) electrons. The number of carbonyl (C=O) groups is 1. The molecule has 1 rings (SSSR count). The minimum atomic E-state index is -8.69. The van der Waals surface area contributed by atoms with Crippen molar-refractivity contribution in [3.05, 3.63) is 29.8 Å². The van der Waals surface area contributed by atoms with Crippen LogP contribution < -0.4 is 4.74 Å². The highest BCUT2D eigenvalue weighted by Crippen LogP contribution is 2.64. The first-order valence-corrected chi connectivity index (χ1v) is 9.59. The van der Waals surface area contributed by atoms with Crippen LogP contribution in [-0.2, 0) is 9.53 Å². The molecule has 0 amide bonds. The van der Waals surface area contributed by atoms with Crippen molar-refractivity contribution < 1.29 is 88.9 Å². The molecule has 0 heterocycles. The molecule has 0 bridgehead atoms. The van der Waals surface area contributed by atoms with Gasteiger partial charge in [0.25, 0.3) is 0 Å². The molecule has 39 heavy (non-hydrogen) atoms. The Hall–Kier alpha value is -2.54. The zero-order valence-corrected chi connectivity index (χ0v) is 18.7. The van der Waals surface area contributed by atoms with E-state index in [9.17, 15) is 79.4 Å². The Labute approximate surface area is 205 Å². The van der Waals surface area contributed by atoms with E-state index in [2.05, 4.69) is 9.47 Å². The van der Waals surface area contributed by atoms with Gasteiger partial charge in [-0.3, -0.25) is 4.79 Å². The predicted molar refractivity (Wildman–Crippen MR) is 92.8 cm³/mol. The van der Waals surface area contributed by atoms with E-state index in [4.69, 9.17) is 0 Å². The highest BCUT2D eigenvalue weighted by Gasteiger charge is 2.95. The molecule has 0 saturated heterocycles. The first-order chi connectivity index (χ1) is 17.1. The summed E-state index contributed by atoms with van der Waals surface area (Å²) in [6.45, 7) is 0.835. The average Bonchev–Trinajstić information content (AvgIpc) is 2.75. The van der Waals surface area contributed by atoms with Crippen molar-refractivity contribution in [3.63, 3.8) is 0 Å². The zero-order chi connectivity index (χ0) is 31.3. The maximum Gasteiger partial charge on any atom is 0.460 e. The standard InChI is InChI=1S/C19H13F17O3/c1-8(37)39-10-5-3-4-9(6-10)11(38-2)7-12(20,21)13(22,23)14(24,25)15(26,27)16(28,29)17(30,31)18(32,33)19(34,35)36/h3-6,11H,7H2,1-2H3. The third-order valence-corrected chi connectivity index (χ3v) is 5.00. The van der Waals surface area contributed by atoms with Crippen LogP contribution in [-0.4, -0.2) is 60.7 Å². The predicted octanol–water partition coefficient (Wildman–Crippen LogP) is 7.70. The van der Waals surface area contributed by atoms with Crippen LogP contribution >= 0.6 is 0 Å². The number of benzene rings is 1. The van der Waals surface area contributed by atoms with E-state index >= 15 is 0 Å². The number of halogens is 17. The van der Waals surface area contributed by atoms with Crippen molar-refractivity contribution in [2.45, 2.75) is 67.1 Å². The number of hydrogen-bond acceptors (Lipinski definition) is 3. The molecule has 0 aromatic heterocycles. The molecule has 3 nitrogen and oxygen atoms in total. The van der Waals surface area contributed by atoms with Crippen LogP contribution in [0.5, 0.6) is 5.75 Å². The van der Waals surface area contributed by atoms with Crippen LogP contribution in [0.2, 0.25) is 0 Å². The van der Waals surface area contributed by atoms with Gasteiger partial charge in [0.15, 0.2) is 0 Å². The molecule has 1 atom stereocenters. The van der Waals surface area contributed by atoms with Gasteiger partial charge in [0.2, 0.25) is 0 Å². The summed E-state index contributed by atoms with van der Waals surface area (Å²) in [6, 6.07) is 3.22. The van der Waals surface area contributed by atoms with E-state index < -0.39 is 77.4 Å². The van der Waals surface area contributed by atoms with Crippen molar-refractivity contribution in [1.29, 1.82) is 0 Å². The first-order valence-electron chi connectivity index (χ1n) is 9.59. The number of carbonyl (C=O) groups excluding carboxylic acids is 1. The summed E-state index contributed by atoms with van der Waals surface area (Å²) >= 11 is 0. The maximum atomic E-state index is 14.3. The first kappa shape index (κ1) is 34.5. The van der Waals surface area contributed by atoms with Gasteiger partial charge >= 0.3 is 53.6 Å². The van der Waals surface area contributed by atoms with Gasteiger partial charge in [-0.2, -0.15) is 74.6 Å². The molecule has 0 fully saturated rings. The molecule has 20 heteroatoms. The lowest BCUT2D eigenvalue weighted by molar-refractivity contribution is -0.462. The van der Waals surface area contributed by atoms with Gasteiger partial charge in [0, 0.05) is 20.5 Å². The lowest BCUT2D eigenvalue weighted by atomic mass is 9.87. The minimum absolute atomic E-state index is 0.456. The normalized spacial score (nSPS) is 15.8. The smallest absolute Gasteiger partial charge is 0.427 e. The van der Waals surface area contributed by atoms with Gasteiger partial charge in [0.05, 0.1) is 6.10 Å². The number of rotatable bonds is 11. The van der Waals surface area contributed by atoms with E-state index in [-0.39, 0.29) is 0 Å². The molecule has 1 aromatic carbocycles. The fourth-order valence-electron chi connectivity index (χ4n) is 2.84. The monoisotopic (exact) mass is 612 g/mol. The summed E-state index contributed by atoms with van der Waals surface area (Å²) in [5.74, 6) is -58.5. The average molecular weight is 612 g/mol. The molecule has 0 aliphatic rings. The van der Waals surface area contributed by atoms with E-state index in [1.165, 1.54) is 0 Å². The Morgan fingerprint density at radius 1 is 0.692 bits per heavy atom. The van der Waals surface area contributed by atoms with Crippen LogP contribution in [0, 0.1) is 0 Å². The van der Waals surface area contributed by atoms with Gasteiger partial charge in [-0.05, 0) is 17.7 Å². The van der Waals surface area contributed by atoms with Crippen LogP contribution in [0.4, 0.5) is 74.6 Å². The molecule has 0 spiro atoms. The maximum absolute atomic E-state index is 14.3. The van der Waals surface area contributed by atoms with Crippen LogP contribution in [0.15, 0.2) is 24.3 Å². The Morgan fingerprint density at radius 3 is 1.49 bits per heavy atom. The summed E-state index contributed by atoms with van der Waals surface area (Å²) in [7, 11) is 0.456. The molecular weight excluding hydrogens is 599 g/mol. The van der Waals surface area contributed by atoms with Gasteiger partial charge in [-0.25, -0.2) is 0 Å². The summed E-state index contributed by atoms with van der Waals surface area (Å²) in [4.78, 5) is 10.9. The van der Waals surface area contributed by atoms with Crippen LogP contribution in [0.1, 0.15) is 25.0 Å². The van der Waals surface area contributed by atoms with Gasteiger partial charge in [-0.1, -0.05) is 12.1 Å². The molecular formula is C19H13F17O3. The molecule has 1 aromatic rings. The lowest BCUT2D eigenvalue weighted by Crippen LogP contribution is -2.74. The SMILES string of the molecule is COC(CC(F)(F)C(F)(F)C(F)(F)C(F)(F)C(F)(F)C(F)(F)C(F)(F)C(F)(F)F)c1cccc(OC(C)=O)c1. The van der Waals surface area contributed by atoms with Crippen molar-refractivity contribution >= 4 is 5.97 Å². The number of ether oxygens (including phenoxy) is 2. The van der Waals surface area contributed by atoms with E-state index in [0.29, 0.717) is 13.2 Å². The van der Waals surface area contributed by atoms with Gasteiger partial charge < -0.3 is 9.47 Å². The number of methoxy groups -OCH3 is 1. The second-order valence-electron chi connectivity index (χ2n) is 7.74. The Kier molecular flexibility index (Phi) is 8.96. The van der Waals surface area contributed by atoms with E-state index in [1.807, 2.05) is 0 Å². The second-order valence-corrected chi connectivity index (χ2v) is 7.74. The highest BCUT2D eigenvalue weighted by atomic mass is 19.4. The van der Waals surface area contributed by atoms with E-state index in [1.54, 1.807) is 0 Å². The Morgan fingerprint density at radius 2 is 1.10 bits per heavy atom. The molecule has 0 aliphatic heterocycles. The van der Waals surface area contributed by atoms with E-state index in [0.717, 1.165) is 25.1 Å². The van der Waals surface area contributed by atoms with Gasteiger partial charge in [0.1, 0.15) is 5.75 Å². The highest BCUT2D eigenvalue weighted by molar-refractivity contribution is 5.69. The quantitative estimate of drug-likeness (QED) is 0.146. The minimum Gasteiger partial charge on any atom is -0.427 e. The summed E-state index contributed by atoms with van der Waals surface area (Å²) in [5, 5.41) is 0. The molecule has 0 N–H and O–H groups in total. The van der Waals surface area contributed by atoms with Crippen LogP contribution in [0.25, 0.3) is 0 Å². The lowest BCUT2D eigenvalue weighted by Gasteiger charge is -2.43. The second kappa shape index (κ2) is 10.1. The fraction of sp³-hybridized carbons (Fsp3) is 0.632. The fourth-order valence-corrected chi connectivity index (χ4v) is 2.84. The van der Waals surface area contributed by atoms with Crippen molar-refractivity contribution in [2.75, 3.05) is 7.11 Å². The largest absolute Gasteiger partial charge is 0.460 e. The summed E-state index contributed by atoms with van der Waals surface area (Å²) in [6.07, 6.45) is -13.2. The van der Waals surface area contributed by atoms with Crippen molar-refractivity contribution in [3.8, 4) is 5.75 Å². The third-order valence-electron chi connectivity index (χ3n) is 5.00. The molecule has 1 unspecified atom stereocenters. The van der Waals surface area contributed by atoms with Gasteiger partial charge in [-0.15, -0.1) is 0 Å². The van der Waals surface area contributed by atoms with Crippen LogP contribution in [0.3, 0.4) is 0 Å². The molecule has 0 aliphatic carbocycles. The topological polar surface area (TPSA) is 35.5 Å². The summed E-state index contributed by atoms with van der Waals surface area (Å²) < 4.78 is 237. The Balaban J connectivity index is 3.57. The number of esters is 1. The molecule has 0 saturated carbocycles. The number of hydrogen-bond donors (Lipinski definition) is 0. The summed E-state index contributed by atoms with van der Waals surface area (Å²) in [5.41, 5.74) is -0.705. The number of alkyl halides is 17.